The highest BCUT2D eigenvalue weighted by atomic mass is 16.5. The summed E-state index contributed by atoms with van der Waals surface area (Å²) in [5.41, 5.74) is 0.672. The van der Waals surface area contributed by atoms with Gasteiger partial charge in [0.05, 0.1) is 11.3 Å². The Kier molecular flexibility index (Phi) is 7.97. The molecule has 1 saturated heterocycles. The zero-order chi connectivity index (χ0) is 24.6. The molecule has 0 spiro atoms. The van der Waals surface area contributed by atoms with Crippen molar-refractivity contribution in [3.8, 4) is 17.2 Å². The number of carbonyl (C=O) groups excluding carboxylic acids is 1. The molecule has 182 valence electrons. The van der Waals surface area contributed by atoms with Crippen LogP contribution in [0.5, 0.6) is 17.2 Å². The van der Waals surface area contributed by atoms with Crippen molar-refractivity contribution >= 4 is 17.6 Å². The Bertz CT molecular complexity index is 1140. The van der Waals surface area contributed by atoms with Crippen LogP contribution in [-0.2, 0) is 0 Å². The van der Waals surface area contributed by atoms with Crippen molar-refractivity contribution in [2.24, 2.45) is 0 Å². The predicted octanol–water partition coefficient (Wildman–Crippen LogP) is 4.06. The third kappa shape index (κ3) is 6.81. The van der Waals surface area contributed by atoms with Crippen LogP contribution in [-0.4, -0.2) is 73.2 Å². The summed E-state index contributed by atoms with van der Waals surface area (Å²) in [5, 5.41) is 11.9. The summed E-state index contributed by atoms with van der Waals surface area (Å²) in [6, 6.07) is 20.4. The van der Waals surface area contributed by atoms with Crippen molar-refractivity contribution < 1.29 is 24.2 Å². The fourth-order valence-electron chi connectivity index (χ4n) is 3.75. The van der Waals surface area contributed by atoms with Gasteiger partial charge >= 0.3 is 5.97 Å². The molecule has 0 saturated carbocycles. The van der Waals surface area contributed by atoms with Gasteiger partial charge in [0.2, 0.25) is 0 Å². The van der Waals surface area contributed by atoms with Crippen LogP contribution in [0.3, 0.4) is 0 Å². The average Bonchev–Trinajstić information content (AvgIpc) is 2.87. The van der Waals surface area contributed by atoms with Crippen LogP contribution in [0.2, 0.25) is 0 Å². The Morgan fingerprint density at radius 2 is 1.46 bits per heavy atom. The molecular formula is C27H29N3O5. The normalized spacial score (nSPS) is 14.3. The number of carbonyl (C=O) groups is 2. The largest absolute Gasteiger partial charge is 0.492 e. The molecule has 1 aliphatic rings. The summed E-state index contributed by atoms with van der Waals surface area (Å²) >= 11 is 0. The lowest BCUT2D eigenvalue weighted by Crippen LogP contribution is -2.45. The van der Waals surface area contributed by atoms with E-state index in [1.165, 1.54) is 6.07 Å². The van der Waals surface area contributed by atoms with Crippen molar-refractivity contribution in [3.63, 3.8) is 0 Å². The molecule has 35 heavy (non-hydrogen) atoms. The topological polar surface area (TPSA) is 91.3 Å². The fourth-order valence-corrected chi connectivity index (χ4v) is 3.75. The molecule has 4 rings (SSSR count). The van der Waals surface area contributed by atoms with Crippen molar-refractivity contribution in [2.45, 2.75) is 0 Å². The Morgan fingerprint density at radius 1 is 0.857 bits per heavy atom. The van der Waals surface area contributed by atoms with Crippen LogP contribution in [0.15, 0.2) is 72.8 Å². The molecule has 0 aromatic heterocycles. The molecule has 0 aliphatic carbocycles. The second-order valence-corrected chi connectivity index (χ2v) is 8.40. The number of anilines is 1. The van der Waals surface area contributed by atoms with E-state index in [0.29, 0.717) is 23.7 Å². The molecule has 8 nitrogen and oxygen atoms in total. The highest BCUT2D eigenvalue weighted by Crippen LogP contribution is 2.25. The number of nitrogens with one attached hydrogen (secondary N) is 1. The van der Waals surface area contributed by atoms with E-state index in [4.69, 9.17) is 9.47 Å². The van der Waals surface area contributed by atoms with Crippen LogP contribution in [0, 0.1) is 0 Å². The lowest BCUT2D eigenvalue weighted by molar-refractivity contribution is 0.0698. The van der Waals surface area contributed by atoms with Crippen LogP contribution in [0.1, 0.15) is 20.7 Å². The molecule has 0 atom stereocenters. The van der Waals surface area contributed by atoms with Gasteiger partial charge in [-0.1, -0.05) is 12.1 Å². The number of carboxylic acids is 1. The Labute approximate surface area is 204 Å². The van der Waals surface area contributed by atoms with Crippen LogP contribution in [0.25, 0.3) is 0 Å². The molecule has 1 aliphatic heterocycles. The van der Waals surface area contributed by atoms with Gasteiger partial charge in [0.1, 0.15) is 23.9 Å². The van der Waals surface area contributed by atoms with Gasteiger partial charge in [0.15, 0.2) is 0 Å². The van der Waals surface area contributed by atoms with Crippen molar-refractivity contribution in [1.29, 1.82) is 0 Å². The van der Waals surface area contributed by atoms with E-state index in [0.717, 1.165) is 38.5 Å². The second kappa shape index (κ2) is 11.5. The van der Waals surface area contributed by atoms with Gasteiger partial charge in [-0.2, -0.15) is 0 Å². The number of rotatable bonds is 9. The number of ether oxygens (including phenoxy) is 2. The van der Waals surface area contributed by atoms with Gasteiger partial charge in [-0.05, 0) is 67.7 Å². The first-order valence-electron chi connectivity index (χ1n) is 11.5. The van der Waals surface area contributed by atoms with E-state index in [1.54, 1.807) is 42.5 Å². The fraction of sp³-hybridized carbons (Fsp3) is 0.259. The minimum Gasteiger partial charge on any atom is -0.492 e. The van der Waals surface area contributed by atoms with Gasteiger partial charge in [-0.15, -0.1) is 0 Å². The zero-order valence-corrected chi connectivity index (χ0v) is 19.6. The molecular weight excluding hydrogens is 446 g/mol. The maximum absolute atomic E-state index is 12.5. The number of piperazine rings is 1. The molecule has 0 radical (unpaired) electrons. The van der Waals surface area contributed by atoms with E-state index in [1.807, 2.05) is 24.3 Å². The monoisotopic (exact) mass is 475 g/mol. The number of likely N-dealkylation sites (N-methyl/N-ethyl adjacent to an activating group) is 1. The van der Waals surface area contributed by atoms with Gasteiger partial charge in [-0.3, -0.25) is 9.69 Å². The zero-order valence-electron chi connectivity index (χ0n) is 19.6. The quantitative estimate of drug-likeness (QED) is 0.482. The number of amides is 1. The summed E-state index contributed by atoms with van der Waals surface area (Å²) in [7, 11) is 2.15. The molecule has 8 heteroatoms. The minimum atomic E-state index is -1.10. The van der Waals surface area contributed by atoms with Crippen molar-refractivity contribution in [1.82, 2.24) is 9.80 Å². The maximum Gasteiger partial charge on any atom is 0.337 e. The van der Waals surface area contributed by atoms with E-state index >= 15 is 0 Å². The molecule has 0 bridgehead atoms. The second-order valence-electron chi connectivity index (χ2n) is 8.40. The number of para-hydroxylation sites is 1. The smallest absolute Gasteiger partial charge is 0.337 e. The predicted molar refractivity (Wildman–Crippen MR) is 134 cm³/mol. The molecule has 1 heterocycles. The number of benzene rings is 3. The SMILES string of the molecule is CN1CCN(CCOc2ccc(Oc3ccc(C(=O)Nc4ccccc4C(=O)O)cc3)cc2)CC1. The molecule has 2 N–H and O–H groups in total. The van der Waals surface area contributed by atoms with E-state index in [9.17, 15) is 14.7 Å². The van der Waals surface area contributed by atoms with Gasteiger partial charge in [-0.25, -0.2) is 4.79 Å². The molecule has 1 amide bonds. The van der Waals surface area contributed by atoms with Crippen LogP contribution < -0.4 is 14.8 Å². The standard InChI is InChI=1S/C27H29N3O5/c1-29-14-16-30(17-15-29)18-19-34-21-10-12-23(13-11-21)35-22-8-6-20(7-9-22)26(31)28-25-5-3-2-4-24(25)27(32)33/h2-13H,14-19H2,1H3,(H,28,31)(H,32,33). The maximum atomic E-state index is 12.5. The molecule has 3 aromatic rings. The lowest BCUT2D eigenvalue weighted by atomic mass is 10.1. The van der Waals surface area contributed by atoms with Crippen LogP contribution >= 0.6 is 0 Å². The first-order valence-corrected chi connectivity index (χ1v) is 11.5. The average molecular weight is 476 g/mol. The Balaban J connectivity index is 1.27. The van der Waals surface area contributed by atoms with E-state index in [-0.39, 0.29) is 11.3 Å². The van der Waals surface area contributed by atoms with Gasteiger partial charge in [0.25, 0.3) is 5.91 Å². The first-order chi connectivity index (χ1) is 17.0. The molecule has 1 fully saturated rings. The molecule has 0 unspecified atom stereocenters. The molecule has 3 aromatic carbocycles. The number of hydrogen-bond donors (Lipinski definition) is 2. The van der Waals surface area contributed by atoms with E-state index < -0.39 is 11.9 Å². The van der Waals surface area contributed by atoms with Crippen molar-refractivity contribution in [2.75, 3.05) is 51.7 Å². The summed E-state index contributed by atoms with van der Waals surface area (Å²) in [6.07, 6.45) is 0. The minimum absolute atomic E-state index is 0.0348. The third-order valence-corrected chi connectivity index (χ3v) is 5.85. The number of aromatic carboxylic acids is 1. The number of hydrogen-bond acceptors (Lipinski definition) is 6. The highest BCUT2D eigenvalue weighted by Gasteiger charge is 2.14. The Hall–Kier alpha value is -3.88. The summed E-state index contributed by atoms with van der Waals surface area (Å²) in [5.74, 6) is 0.528. The third-order valence-electron chi connectivity index (χ3n) is 5.85. The summed E-state index contributed by atoms with van der Waals surface area (Å²) in [6.45, 7) is 5.89. The summed E-state index contributed by atoms with van der Waals surface area (Å²) < 4.78 is 11.7. The highest BCUT2D eigenvalue weighted by molar-refractivity contribution is 6.07. The van der Waals surface area contributed by atoms with Gasteiger partial charge in [0, 0.05) is 38.3 Å². The van der Waals surface area contributed by atoms with Crippen LogP contribution in [0.4, 0.5) is 5.69 Å². The number of nitrogens with zero attached hydrogens (tertiary/aromatic N) is 2. The van der Waals surface area contributed by atoms with Crippen molar-refractivity contribution in [3.05, 3.63) is 83.9 Å². The summed E-state index contributed by atoms with van der Waals surface area (Å²) in [4.78, 5) is 28.6. The van der Waals surface area contributed by atoms with E-state index in [2.05, 4.69) is 22.2 Å². The first kappa shape index (κ1) is 24.3. The number of carboxylic acid groups (broad SMARTS) is 1. The van der Waals surface area contributed by atoms with Gasteiger partial charge < -0.3 is 24.8 Å². The lowest BCUT2D eigenvalue weighted by Gasteiger charge is -2.32. The Morgan fingerprint density at radius 3 is 2.11 bits per heavy atom.